The average Bonchev–Trinajstić information content (AvgIpc) is 2.81. The summed E-state index contributed by atoms with van der Waals surface area (Å²) in [5.74, 6) is 0. The minimum atomic E-state index is -6.09. The molecule has 2 bridgehead atoms. The molecule has 0 saturated carbocycles. The van der Waals surface area contributed by atoms with Crippen molar-refractivity contribution in [1.29, 1.82) is 10.5 Å². The number of hydrogen-bond donors (Lipinski definition) is 3. The van der Waals surface area contributed by atoms with Crippen LogP contribution < -0.4 is 16.0 Å². The molecule has 12 nitrogen and oxygen atoms in total. The zero-order valence-corrected chi connectivity index (χ0v) is 25.6. The average molecular weight is 698 g/mol. The van der Waals surface area contributed by atoms with E-state index in [0.29, 0.717) is 12.1 Å². The molecule has 241 valence electrons. The van der Waals surface area contributed by atoms with Gasteiger partial charge in [-0.15, -0.1) is 0 Å². The Morgan fingerprint density at radius 1 is 0.786 bits per heavy atom. The standard InChI is InChI=1S/C15H26N4.2C2H3N.2CHF3O3S.Fe/c1-12-14-6-3-7-15(19-14)13(2)18-11-5-9-16-8-4-10-17-12;2*1-2-3;2*2-1(3,4)8(5,6)7;/h3,6-7,12-13,16-18H,4-5,8-11H2,1-2H3;2*1H3;2*(H,5,6,7);/q;;;;;+5/p-2/t12-,13+;;;;;. The Morgan fingerprint density at radius 2 is 1.05 bits per heavy atom. The minimum Gasteiger partial charge on any atom is -0.741 e. The van der Waals surface area contributed by atoms with Gasteiger partial charge in [-0.05, 0) is 65.0 Å². The SMILES string of the molecule is CC#N.CC#N.C[C@@H]1NCCCNCCCN[C@H](C)c2cccc1n2.O=S(=O)([O-])C(F)(F)F.O=S(=O)([O-])C(F)(F)F.[Fe+5]. The van der Waals surface area contributed by atoms with Gasteiger partial charge in [-0.25, -0.2) is 16.8 Å². The fraction of sp³-hybridized carbons (Fsp3) is 0.667. The first-order valence-electron chi connectivity index (χ1n) is 11.4. The summed E-state index contributed by atoms with van der Waals surface area (Å²) in [6, 6.07) is 10.5. The number of alkyl halides is 6. The molecule has 0 saturated heterocycles. The van der Waals surface area contributed by atoms with Gasteiger partial charge in [0.25, 0.3) is 0 Å². The predicted molar refractivity (Wildman–Crippen MR) is 133 cm³/mol. The molecule has 2 atom stereocenters. The van der Waals surface area contributed by atoms with Crippen molar-refractivity contribution in [3.8, 4) is 12.1 Å². The van der Waals surface area contributed by atoms with E-state index in [-0.39, 0.29) is 17.1 Å². The van der Waals surface area contributed by atoms with E-state index in [2.05, 4.69) is 48.0 Å². The molecule has 0 unspecified atom stereocenters. The number of nitriles is 2. The van der Waals surface area contributed by atoms with Crippen LogP contribution in [0.2, 0.25) is 0 Å². The topological polar surface area (TPSA) is 211 Å². The van der Waals surface area contributed by atoms with Gasteiger partial charge >= 0.3 is 28.1 Å². The van der Waals surface area contributed by atoms with Crippen LogP contribution in [0.4, 0.5) is 26.3 Å². The van der Waals surface area contributed by atoms with Gasteiger partial charge < -0.3 is 25.1 Å². The number of nitrogens with one attached hydrogen (secondary N) is 3. The Morgan fingerprint density at radius 3 is 1.29 bits per heavy atom. The molecule has 0 aromatic carbocycles. The zero-order valence-electron chi connectivity index (χ0n) is 22.9. The van der Waals surface area contributed by atoms with Crippen molar-refractivity contribution in [3.05, 3.63) is 29.6 Å². The predicted octanol–water partition coefficient (Wildman–Crippen LogP) is 2.93. The molecule has 21 heteroatoms. The maximum atomic E-state index is 10.7. The number of rotatable bonds is 0. The van der Waals surface area contributed by atoms with E-state index < -0.39 is 31.3 Å². The summed E-state index contributed by atoms with van der Waals surface area (Å²) < 4.78 is 118. The van der Waals surface area contributed by atoms with Crippen LogP contribution in [0.15, 0.2) is 18.2 Å². The van der Waals surface area contributed by atoms with Crippen LogP contribution >= 0.6 is 0 Å². The second-order valence-corrected chi connectivity index (χ2v) is 10.3. The first kappa shape index (κ1) is 46.9. The van der Waals surface area contributed by atoms with Gasteiger partial charge in [-0.2, -0.15) is 36.9 Å². The molecule has 1 radical (unpaired) electrons. The Labute approximate surface area is 252 Å². The van der Waals surface area contributed by atoms with E-state index in [0.717, 1.165) is 50.4 Å². The zero-order chi connectivity index (χ0) is 32.9. The van der Waals surface area contributed by atoms with Gasteiger partial charge in [0.1, 0.15) is 0 Å². The van der Waals surface area contributed by atoms with E-state index in [1.807, 2.05) is 0 Å². The number of pyridine rings is 1. The van der Waals surface area contributed by atoms with Crippen LogP contribution in [0.3, 0.4) is 0 Å². The Bertz CT molecular complexity index is 1070. The normalized spacial score (nSPS) is 17.8. The number of fused-ring (bicyclic) bond motifs is 2. The largest absolute Gasteiger partial charge is 5.00 e. The van der Waals surface area contributed by atoms with Gasteiger partial charge in [0.05, 0.1) is 23.5 Å². The van der Waals surface area contributed by atoms with Crippen LogP contribution in [-0.2, 0) is 37.3 Å². The van der Waals surface area contributed by atoms with Gasteiger partial charge in [0, 0.05) is 25.9 Å². The summed E-state index contributed by atoms with van der Waals surface area (Å²) in [7, 11) is -12.2. The van der Waals surface area contributed by atoms with Crippen molar-refractivity contribution in [1.82, 2.24) is 20.9 Å². The molecule has 0 aliphatic carbocycles. The second kappa shape index (κ2) is 23.4. The molecule has 0 spiro atoms. The first-order chi connectivity index (χ1) is 18.6. The van der Waals surface area contributed by atoms with Crippen LogP contribution in [0.5, 0.6) is 0 Å². The molecule has 2 rings (SSSR count). The fourth-order valence-corrected chi connectivity index (χ4v) is 2.35. The van der Waals surface area contributed by atoms with Crippen LogP contribution in [0.25, 0.3) is 0 Å². The third-order valence-corrected chi connectivity index (χ3v) is 5.34. The molecule has 1 aromatic rings. The third-order valence-electron chi connectivity index (χ3n) is 4.21. The van der Waals surface area contributed by atoms with Crippen molar-refractivity contribution in [2.24, 2.45) is 0 Å². The molecule has 42 heavy (non-hydrogen) atoms. The van der Waals surface area contributed by atoms with E-state index in [9.17, 15) is 26.3 Å². The Hall–Kier alpha value is -2.07. The number of nitrogens with zero attached hydrogens (tertiary/aromatic N) is 3. The molecule has 3 N–H and O–H groups in total. The number of halogens is 6. The summed E-state index contributed by atoms with van der Waals surface area (Å²) in [4.78, 5) is 4.78. The second-order valence-electron chi connectivity index (χ2n) is 7.54. The summed E-state index contributed by atoms with van der Waals surface area (Å²) in [5, 5.41) is 25.2. The van der Waals surface area contributed by atoms with E-state index in [4.69, 9.17) is 41.4 Å². The maximum absolute atomic E-state index is 10.7. The maximum Gasteiger partial charge on any atom is 5.00 e. The summed E-state index contributed by atoms with van der Waals surface area (Å²) >= 11 is 0. The van der Waals surface area contributed by atoms with Crippen molar-refractivity contribution in [3.63, 3.8) is 0 Å². The monoisotopic (exact) mass is 698 g/mol. The molecule has 2 heterocycles. The van der Waals surface area contributed by atoms with Gasteiger partial charge in [0.2, 0.25) is 0 Å². The van der Waals surface area contributed by atoms with E-state index >= 15 is 0 Å². The molecular weight excluding hydrogens is 666 g/mol. The third kappa shape index (κ3) is 24.5. The quantitative estimate of drug-likeness (QED) is 0.155. The molecule has 1 aliphatic rings. The summed E-state index contributed by atoms with van der Waals surface area (Å²) in [5.41, 5.74) is -9.02. The van der Waals surface area contributed by atoms with Crippen LogP contribution in [0, 0.1) is 22.7 Å². The smallest absolute Gasteiger partial charge is 0.741 e. The fourth-order valence-electron chi connectivity index (χ4n) is 2.35. The Balaban J connectivity index is -0.000000263. The van der Waals surface area contributed by atoms with Gasteiger partial charge in [-0.1, -0.05) is 6.07 Å². The molecule has 0 fully saturated rings. The van der Waals surface area contributed by atoms with Gasteiger partial charge in [0.15, 0.2) is 20.2 Å². The first-order valence-corrected chi connectivity index (χ1v) is 14.2. The number of hydrogen-bond acceptors (Lipinski definition) is 12. The van der Waals surface area contributed by atoms with Crippen molar-refractivity contribution in [2.75, 3.05) is 26.2 Å². The number of aromatic nitrogens is 1. The molecule has 0 amide bonds. The molecule has 1 aromatic heterocycles. The van der Waals surface area contributed by atoms with Crippen LogP contribution in [0.1, 0.15) is 64.0 Å². The van der Waals surface area contributed by atoms with Crippen LogP contribution in [-0.4, -0.2) is 68.1 Å². The van der Waals surface area contributed by atoms with Crippen molar-refractivity contribution < 1.29 is 69.4 Å². The van der Waals surface area contributed by atoms with Crippen molar-refractivity contribution >= 4 is 20.2 Å². The van der Waals surface area contributed by atoms with Crippen molar-refractivity contribution in [2.45, 2.75) is 63.6 Å². The summed E-state index contributed by atoms with van der Waals surface area (Å²) in [6.07, 6.45) is 2.32. The minimum absolute atomic E-state index is 0. The molecule has 1 aliphatic heterocycles. The molecular formula is C21H32F6FeN6O6S2+3. The van der Waals surface area contributed by atoms with Gasteiger partial charge in [-0.3, -0.25) is 4.98 Å². The van der Waals surface area contributed by atoms with E-state index in [1.54, 1.807) is 12.1 Å². The summed E-state index contributed by atoms with van der Waals surface area (Å²) in [6.45, 7) is 11.5. The van der Waals surface area contributed by atoms with E-state index in [1.165, 1.54) is 13.8 Å². The Kier molecular flexibility index (Phi) is 26.1.